The lowest BCUT2D eigenvalue weighted by Gasteiger charge is -2.51. The quantitative estimate of drug-likeness (QED) is 0.251. The SMILES string of the molecule is CCCO[Si](OCCC)(OCCC)C(OCC)(OCC)C(C)(OC)OCC. The van der Waals surface area contributed by atoms with Crippen LogP contribution in [0.15, 0.2) is 0 Å². The third-order valence-corrected chi connectivity index (χ3v) is 7.30. The minimum absolute atomic E-state index is 0.362. The van der Waals surface area contributed by atoms with Crippen molar-refractivity contribution in [2.45, 2.75) is 78.9 Å². The van der Waals surface area contributed by atoms with Crippen molar-refractivity contribution in [1.82, 2.24) is 0 Å². The van der Waals surface area contributed by atoms with Crippen LogP contribution in [0.25, 0.3) is 0 Å². The van der Waals surface area contributed by atoms with Gasteiger partial charge in [0.2, 0.25) is 5.79 Å². The fraction of sp³-hybridized carbons (Fsp3) is 1.00. The van der Waals surface area contributed by atoms with Crippen molar-refractivity contribution in [2.75, 3.05) is 46.8 Å². The fourth-order valence-corrected chi connectivity index (χ4v) is 6.46. The van der Waals surface area contributed by atoms with Gasteiger partial charge in [0, 0.05) is 46.8 Å². The third kappa shape index (κ3) is 6.47. The highest BCUT2D eigenvalue weighted by atomic mass is 28.4. The standard InChI is InChI=1S/C19H42O7Si/c1-9-15-24-27(25-16-10-2,26-17-11-3)19(22-13-5,23-14-6)18(7,20-8)21-12-4/h9-17H2,1-8H3. The first-order chi connectivity index (χ1) is 12.9. The second kappa shape index (κ2) is 14.0. The Balaban J connectivity index is 6.54. The molecule has 0 spiro atoms. The Morgan fingerprint density at radius 3 is 1.26 bits per heavy atom. The van der Waals surface area contributed by atoms with Crippen molar-refractivity contribution in [1.29, 1.82) is 0 Å². The molecule has 0 saturated carbocycles. The van der Waals surface area contributed by atoms with Gasteiger partial charge in [-0.3, -0.25) is 0 Å². The number of ether oxygens (including phenoxy) is 4. The van der Waals surface area contributed by atoms with E-state index in [4.69, 9.17) is 32.2 Å². The highest BCUT2D eigenvalue weighted by Gasteiger charge is 2.74. The predicted octanol–water partition coefficient (Wildman–Crippen LogP) is 3.91. The molecule has 0 aromatic rings. The van der Waals surface area contributed by atoms with Crippen LogP contribution in [0.2, 0.25) is 0 Å². The van der Waals surface area contributed by atoms with E-state index in [1.54, 1.807) is 14.0 Å². The molecule has 0 aliphatic heterocycles. The van der Waals surface area contributed by atoms with Crippen molar-refractivity contribution in [3.05, 3.63) is 0 Å². The molecule has 0 aromatic heterocycles. The Morgan fingerprint density at radius 1 is 0.630 bits per heavy atom. The maximum Gasteiger partial charge on any atom is 0.569 e. The van der Waals surface area contributed by atoms with Gasteiger partial charge in [-0.2, -0.15) is 0 Å². The highest BCUT2D eigenvalue weighted by Crippen LogP contribution is 2.42. The first-order valence-corrected chi connectivity index (χ1v) is 12.0. The zero-order valence-electron chi connectivity index (χ0n) is 18.7. The predicted molar refractivity (Wildman–Crippen MR) is 108 cm³/mol. The summed E-state index contributed by atoms with van der Waals surface area (Å²) in [6.07, 6.45) is 2.44. The van der Waals surface area contributed by atoms with Crippen molar-refractivity contribution < 1.29 is 32.2 Å². The molecule has 0 aliphatic carbocycles. The Kier molecular flexibility index (Phi) is 14.0. The second-order valence-electron chi connectivity index (χ2n) is 6.17. The van der Waals surface area contributed by atoms with Gasteiger partial charge >= 0.3 is 8.80 Å². The summed E-state index contributed by atoms with van der Waals surface area (Å²) in [4.78, 5) is 0. The van der Waals surface area contributed by atoms with E-state index in [2.05, 4.69) is 0 Å². The maximum absolute atomic E-state index is 6.33. The maximum atomic E-state index is 6.33. The zero-order chi connectivity index (χ0) is 20.8. The van der Waals surface area contributed by atoms with Gasteiger partial charge in [-0.25, -0.2) is 0 Å². The van der Waals surface area contributed by atoms with Crippen LogP contribution < -0.4 is 0 Å². The molecule has 0 saturated heterocycles. The summed E-state index contributed by atoms with van der Waals surface area (Å²) >= 11 is 0. The summed E-state index contributed by atoms with van der Waals surface area (Å²) in [6, 6.07) is 0. The van der Waals surface area contributed by atoms with Crippen molar-refractivity contribution in [3.8, 4) is 0 Å². The monoisotopic (exact) mass is 410 g/mol. The van der Waals surface area contributed by atoms with Gasteiger partial charge < -0.3 is 32.2 Å². The van der Waals surface area contributed by atoms with Crippen molar-refractivity contribution in [2.24, 2.45) is 0 Å². The van der Waals surface area contributed by atoms with Gasteiger partial charge in [0.1, 0.15) is 0 Å². The molecule has 1 atom stereocenters. The highest BCUT2D eigenvalue weighted by molar-refractivity contribution is 6.64. The topological polar surface area (TPSA) is 64.6 Å². The molecule has 0 amide bonds. The molecule has 0 rings (SSSR count). The van der Waals surface area contributed by atoms with Gasteiger partial charge in [-0.15, -0.1) is 0 Å². The van der Waals surface area contributed by atoms with Crippen LogP contribution in [0.5, 0.6) is 0 Å². The fourth-order valence-electron chi connectivity index (χ4n) is 2.85. The summed E-state index contributed by atoms with van der Waals surface area (Å²) < 4.78 is 43.3. The molecular formula is C19H42O7Si. The molecular weight excluding hydrogens is 368 g/mol. The first-order valence-electron chi connectivity index (χ1n) is 10.3. The Hall–Kier alpha value is -0.0631. The van der Waals surface area contributed by atoms with E-state index in [0.29, 0.717) is 39.6 Å². The summed E-state index contributed by atoms with van der Waals surface area (Å²) in [5.41, 5.74) is -1.45. The minimum Gasteiger partial charge on any atom is -0.370 e. The van der Waals surface area contributed by atoms with E-state index < -0.39 is 20.0 Å². The van der Waals surface area contributed by atoms with E-state index >= 15 is 0 Å². The van der Waals surface area contributed by atoms with Crippen LogP contribution in [0.3, 0.4) is 0 Å². The van der Waals surface area contributed by atoms with E-state index in [-0.39, 0.29) is 0 Å². The average molecular weight is 411 g/mol. The number of hydrogen-bond acceptors (Lipinski definition) is 7. The lowest BCUT2D eigenvalue weighted by atomic mass is 10.3. The lowest BCUT2D eigenvalue weighted by molar-refractivity contribution is -0.379. The average Bonchev–Trinajstić information content (AvgIpc) is 2.67. The molecule has 0 aromatic carbocycles. The number of hydrogen-bond donors (Lipinski definition) is 0. The lowest BCUT2D eigenvalue weighted by Crippen LogP contribution is -2.77. The molecule has 164 valence electrons. The normalized spacial score (nSPS) is 15.1. The smallest absolute Gasteiger partial charge is 0.370 e. The molecule has 7 nitrogen and oxygen atoms in total. The number of methoxy groups -OCH3 is 1. The molecule has 0 aliphatic rings. The molecule has 0 fully saturated rings. The van der Waals surface area contributed by atoms with Gasteiger partial charge in [-0.05, 0) is 47.0 Å². The van der Waals surface area contributed by atoms with E-state index in [1.165, 1.54) is 0 Å². The second-order valence-corrected chi connectivity index (χ2v) is 8.80. The van der Waals surface area contributed by atoms with E-state index in [1.807, 2.05) is 41.5 Å². The summed E-state index contributed by atoms with van der Waals surface area (Å²) in [5.74, 6) is -1.27. The minimum atomic E-state index is -3.57. The molecule has 0 N–H and O–H groups in total. The zero-order valence-corrected chi connectivity index (χ0v) is 19.7. The van der Waals surface area contributed by atoms with Gasteiger partial charge in [0.25, 0.3) is 5.41 Å². The van der Waals surface area contributed by atoms with Crippen LogP contribution in [0.4, 0.5) is 0 Å². The van der Waals surface area contributed by atoms with E-state index in [9.17, 15) is 0 Å². The molecule has 0 bridgehead atoms. The van der Waals surface area contributed by atoms with Gasteiger partial charge in [0.05, 0.1) is 0 Å². The van der Waals surface area contributed by atoms with Crippen LogP contribution in [-0.4, -0.2) is 66.8 Å². The summed E-state index contributed by atoms with van der Waals surface area (Å²) in [6.45, 7) is 16.1. The third-order valence-electron chi connectivity index (χ3n) is 3.99. The largest absolute Gasteiger partial charge is 0.569 e. The Bertz CT molecular complexity index is 342. The number of rotatable bonds is 18. The van der Waals surface area contributed by atoms with Gasteiger partial charge in [0.15, 0.2) is 0 Å². The summed E-state index contributed by atoms with van der Waals surface area (Å²) in [7, 11) is -2.00. The van der Waals surface area contributed by atoms with Crippen LogP contribution in [0.1, 0.15) is 67.7 Å². The van der Waals surface area contributed by atoms with Crippen LogP contribution in [0, 0.1) is 0 Å². The Labute approximate surface area is 167 Å². The van der Waals surface area contributed by atoms with E-state index in [0.717, 1.165) is 19.3 Å². The molecule has 8 heteroatoms. The summed E-state index contributed by atoms with van der Waals surface area (Å²) in [5, 5.41) is 0. The molecule has 0 radical (unpaired) electrons. The van der Waals surface area contributed by atoms with Gasteiger partial charge in [-0.1, -0.05) is 20.8 Å². The Morgan fingerprint density at radius 2 is 1.00 bits per heavy atom. The molecule has 27 heavy (non-hydrogen) atoms. The first kappa shape index (κ1) is 26.9. The van der Waals surface area contributed by atoms with Crippen molar-refractivity contribution in [3.63, 3.8) is 0 Å². The molecule has 0 heterocycles. The molecule has 1 unspecified atom stereocenters. The van der Waals surface area contributed by atoms with Crippen LogP contribution in [-0.2, 0) is 32.2 Å². The van der Waals surface area contributed by atoms with Crippen molar-refractivity contribution >= 4 is 8.80 Å². The van der Waals surface area contributed by atoms with Crippen LogP contribution >= 0.6 is 0 Å².